The SMILES string of the molecule is CCCCCOc1ccc(C(=O)Nc2ccccc2C(=O)NCCCOC)cc1. The average Bonchev–Trinajstić information content (AvgIpc) is 2.75. The van der Waals surface area contributed by atoms with Gasteiger partial charge in [-0.2, -0.15) is 0 Å². The van der Waals surface area contributed by atoms with Crippen molar-refractivity contribution in [2.45, 2.75) is 32.6 Å². The molecule has 2 amide bonds. The molecule has 2 N–H and O–H groups in total. The Kier molecular flexibility index (Phi) is 9.72. The minimum Gasteiger partial charge on any atom is -0.494 e. The molecule has 29 heavy (non-hydrogen) atoms. The smallest absolute Gasteiger partial charge is 0.255 e. The Labute approximate surface area is 172 Å². The van der Waals surface area contributed by atoms with Gasteiger partial charge in [-0.3, -0.25) is 9.59 Å². The summed E-state index contributed by atoms with van der Waals surface area (Å²) in [6, 6.07) is 14.0. The number of nitrogens with one attached hydrogen (secondary N) is 2. The summed E-state index contributed by atoms with van der Waals surface area (Å²) in [5.74, 6) is 0.239. The second-order valence-electron chi connectivity index (χ2n) is 6.68. The summed E-state index contributed by atoms with van der Waals surface area (Å²) in [5.41, 5.74) is 1.40. The molecule has 6 nitrogen and oxygen atoms in total. The first-order valence-corrected chi connectivity index (χ1v) is 10.1. The maximum absolute atomic E-state index is 12.6. The Bertz CT molecular complexity index is 775. The molecule has 6 heteroatoms. The van der Waals surface area contributed by atoms with Gasteiger partial charge in [-0.15, -0.1) is 0 Å². The largest absolute Gasteiger partial charge is 0.494 e. The lowest BCUT2D eigenvalue weighted by atomic mass is 10.1. The van der Waals surface area contributed by atoms with E-state index in [1.807, 2.05) is 0 Å². The fraction of sp³-hybridized carbons (Fsp3) is 0.391. The van der Waals surface area contributed by atoms with Gasteiger partial charge in [-0.25, -0.2) is 0 Å². The van der Waals surface area contributed by atoms with E-state index in [1.165, 1.54) is 0 Å². The summed E-state index contributed by atoms with van der Waals surface area (Å²) in [6.45, 7) is 3.91. The van der Waals surface area contributed by atoms with Crippen LogP contribution in [0.1, 0.15) is 53.3 Å². The summed E-state index contributed by atoms with van der Waals surface area (Å²) in [7, 11) is 1.62. The number of benzene rings is 2. The Morgan fingerprint density at radius 3 is 2.38 bits per heavy atom. The molecule has 2 aromatic rings. The summed E-state index contributed by atoms with van der Waals surface area (Å²) in [6.07, 6.45) is 4.03. The Hall–Kier alpha value is -2.86. The lowest BCUT2D eigenvalue weighted by molar-refractivity contribution is 0.0949. The summed E-state index contributed by atoms with van der Waals surface area (Å²) < 4.78 is 10.7. The number of anilines is 1. The van der Waals surface area contributed by atoms with Crippen molar-refractivity contribution in [2.75, 3.05) is 32.2 Å². The van der Waals surface area contributed by atoms with E-state index in [0.29, 0.717) is 36.6 Å². The van der Waals surface area contributed by atoms with E-state index in [1.54, 1.807) is 55.6 Å². The molecule has 0 saturated carbocycles. The van der Waals surface area contributed by atoms with E-state index in [-0.39, 0.29) is 11.8 Å². The van der Waals surface area contributed by atoms with E-state index in [0.717, 1.165) is 31.4 Å². The fourth-order valence-corrected chi connectivity index (χ4v) is 2.74. The minimum atomic E-state index is -0.276. The number of ether oxygens (including phenoxy) is 2. The van der Waals surface area contributed by atoms with Crippen LogP contribution in [-0.4, -0.2) is 38.7 Å². The highest BCUT2D eigenvalue weighted by molar-refractivity contribution is 6.09. The first-order valence-electron chi connectivity index (χ1n) is 10.1. The molecule has 0 atom stereocenters. The number of amides is 2. The number of hydrogen-bond donors (Lipinski definition) is 2. The number of rotatable bonds is 12. The monoisotopic (exact) mass is 398 g/mol. The highest BCUT2D eigenvalue weighted by Crippen LogP contribution is 2.18. The quantitative estimate of drug-likeness (QED) is 0.524. The predicted molar refractivity (Wildman–Crippen MR) is 115 cm³/mol. The van der Waals surface area contributed by atoms with Crippen molar-refractivity contribution in [2.24, 2.45) is 0 Å². The standard InChI is InChI=1S/C23H30N2O4/c1-3-4-7-17-29-19-13-11-18(12-14-19)22(26)25-21-10-6-5-9-20(21)23(27)24-15-8-16-28-2/h5-6,9-14H,3-4,7-8,15-17H2,1-2H3,(H,24,27)(H,25,26). The Morgan fingerprint density at radius 2 is 1.66 bits per heavy atom. The van der Waals surface area contributed by atoms with Crippen LogP contribution in [0.4, 0.5) is 5.69 Å². The molecular weight excluding hydrogens is 368 g/mol. The summed E-state index contributed by atoms with van der Waals surface area (Å²) >= 11 is 0. The highest BCUT2D eigenvalue weighted by Gasteiger charge is 2.14. The molecule has 0 unspecified atom stereocenters. The highest BCUT2D eigenvalue weighted by atomic mass is 16.5. The lowest BCUT2D eigenvalue weighted by Gasteiger charge is -2.12. The van der Waals surface area contributed by atoms with Crippen molar-refractivity contribution >= 4 is 17.5 Å². The van der Waals surface area contributed by atoms with Crippen molar-refractivity contribution in [1.82, 2.24) is 5.32 Å². The third-order valence-electron chi connectivity index (χ3n) is 4.36. The molecule has 0 aliphatic heterocycles. The van der Waals surface area contributed by atoms with Crippen LogP contribution in [0, 0.1) is 0 Å². The Morgan fingerprint density at radius 1 is 0.897 bits per heavy atom. The van der Waals surface area contributed by atoms with E-state index in [9.17, 15) is 9.59 Å². The van der Waals surface area contributed by atoms with Gasteiger partial charge in [0.05, 0.1) is 17.9 Å². The van der Waals surface area contributed by atoms with Gasteiger partial charge >= 0.3 is 0 Å². The summed E-state index contributed by atoms with van der Waals surface area (Å²) in [4.78, 5) is 25.0. The molecule has 2 rings (SSSR count). The Balaban J connectivity index is 1.95. The predicted octanol–water partition coefficient (Wildman–Crippen LogP) is 4.27. The van der Waals surface area contributed by atoms with Crippen LogP contribution >= 0.6 is 0 Å². The molecule has 2 aromatic carbocycles. The topological polar surface area (TPSA) is 76.7 Å². The molecule has 0 heterocycles. The van der Waals surface area contributed by atoms with Gasteiger partial charge in [0.15, 0.2) is 0 Å². The number of carbonyl (C=O) groups excluding carboxylic acids is 2. The zero-order chi connectivity index (χ0) is 20.9. The van der Waals surface area contributed by atoms with Gasteiger partial charge in [0.25, 0.3) is 11.8 Å². The van der Waals surface area contributed by atoms with Crippen LogP contribution in [-0.2, 0) is 4.74 Å². The fourth-order valence-electron chi connectivity index (χ4n) is 2.74. The normalized spacial score (nSPS) is 10.4. The van der Waals surface area contributed by atoms with E-state index >= 15 is 0 Å². The first-order chi connectivity index (χ1) is 14.2. The first kappa shape index (κ1) is 22.4. The van der Waals surface area contributed by atoms with Crippen molar-refractivity contribution in [3.05, 3.63) is 59.7 Å². The van der Waals surface area contributed by atoms with Crippen molar-refractivity contribution in [3.63, 3.8) is 0 Å². The van der Waals surface area contributed by atoms with E-state index in [2.05, 4.69) is 17.6 Å². The van der Waals surface area contributed by atoms with Crippen molar-refractivity contribution in [3.8, 4) is 5.75 Å². The molecule has 0 fully saturated rings. The molecule has 0 radical (unpaired) electrons. The number of methoxy groups -OCH3 is 1. The van der Waals surface area contributed by atoms with Gasteiger partial charge in [0.2, 0.25) is 0 Å². The van der Waals surface area contributed by atoms with Gasteiger partial charge in [0, 0.05) is 25.8 Å². The molecule has 0 spiro atoms. The van der Waals surface area contributed by atoms with Crippen LogP contribution in [0.3, 0.4) is 0 Å². The van der Waals surface area contributed by atoms with Gasteiger partial charge in [0.1, 0.15) is 5.75 Å². The molecule has 0 saturated heterocycles. The number of carbonyl (C=O) groups is 2. The van der Waals surface area contributed by atoms with Crippen molar-refractivity contribution in [1.29, 1.82) is 0 Å². The minimum absolute atomic E-state index is 0.229. The van der Waals surface area contributed by atoms with Crippen LogP contribution in [0.15, 0.2) is 48.5 Å². The van der Waals surface area contributed by atoms with Crippen LogP contribution < -0.4 is 15.4 Å². The molecule has 0 aliphatic rings. The van der Waals surface area contributed by atoms with E-state index in [4.69, 9.17) is 9.47 Å². The second kappa shape index (κ2) is 12.6. The van der Waals surface area contributed by atoms with Gasteiger partial charge in [-0.05, 0) is 49.2 Å². The lowest BCUT2D eigenvalue weighted by Crippen LogP contribution is -2.26. The number of hydrogen-bond acceptors (Lipinski definition) is 4. The molecule has 0 aromatic heterocycles. The van der Waals surface area contributed by atoms with Crippen LogP contribution in [0.25, 0.3) is 0 Å². The van der Waals surface area contributed by atoms with E-state index < -0.39 is 0 Å². The van der Waals surface area contributed by atoms with Crippen LogP contribution in [0.5, 0.6) is 5.75 Å². The molecule has 156 valence electrons. The maximum Gasteiger partial charge on any atom is 0.255 e. The average molecular weight is 399 g/mol. The third-order valence-corrected chi connectivity index (χ3v) is 4.36. The zero-order valence-electron chi connectivity index (χ0n) is 17.2. The number of unbranched alkanes of at least 4 members (excludes halogenated alkanes) is 2. The van der Waals surface area contributed by atoms with Crippen molar-refractivity contribution < 1.29 is 19.1 Å². The third kappa shape index (κ3) is 7.58. The zero-order valence-corrected chi connectivity index (χ0v) is 17.2. The molecular formula is C23H30N2O4. The van der Waals surface area contributed by atoms with Crippen LogP contribution in [0.2, 0.25) is 0 Å². The van der Waals surface area contributed by atoms with Gasteiger partial charge in [-0.1, -0.05) is 31.9 Å². The van der Waals surface area contributed by atoms with Gasteiger partial charge < -0.3 is 20.1 Å². The second-order valence-corrected chi connectivity index (χ2v) is 6.68. The summed E-state index contributed by atoms with van der Waals surface area (Å²) in [5, 5.41) is 5.66. The molecule has 0 bridgehead atoms. The number of para-hydroxylation sites is 1. The molecule has 0 aliphatic carbocycles. The maximum atomic E-state index is 12.6.